The van der Waals surface area contributed by atoms with Crippen LogP contribution in [0.5, 0.6) is 0 Å². The van der Waals surface area contributed by atoms with E-state index in [1.165, 1.54) is 12.3 Å². The molecule has 22 heavy (non-hydrogen) atoms. The molecule has 2 aromatic rings. The fourth-order valence-corrected chi connectivity index (χ4v) is 1.89. The molecule has 2 rings (SSSR count). The zero-order valence-electron chi connectivity index (χ0n) is 12.5. The molecule has 0 saturated carbocycles. The standard InChI is InChI=1S/C17H18FN3O/c1-12-6-5-8-15(10-12)20-13(2)17(22)21-19-11-14-7-3-4-9-16(14)18/h3-11,13,20H,1-2H3,(H,21,22). The third-order valence-electron chi connectivity index (χ3n) is 3.08. The van der Waals surface area contributed by atoms with E-state index < -0.39 is 6.04 Å². The molecule has 0 fully saturated rings. The SMILES string of the molecule is Cc1cccc(NC(C)C(=O)NN=Cc2ccccc2F)c1. The maximum Gasteiger partial charge on any atom is 0.262 e. The average Bonchev–Trinajstić information content (AvgIpc) is 2.49. The maximum atomic E-state index is 13.4. The smallest absolute Gasteiger partial charge is 0.262 e. The van der Waals surface area contributed by atoms with Gasteiger partial charge in [0.15, 0.2) is 0 Å². The van der Waals surface area contributed by atoms with Gasteiger partial charge in [0.25, 0.3) is 5.91 Å². The molecule has 0 aliphatic carbocycles. The molecule has 1 atom stereocenters. The number of anilines is 1. The highest BCUT2D eigenvalue weighted by molar-refractivity contribution is 5.86. The lowest BCUT2D eigenvalue weighted by atomic mass is 10.2. The van der Waals surface area contributed by atoms with Crippen molar-refractivity contribution >= 4 is 17.8 Å². The Bertz CT molecular complexity index is 685. The zero-order chi connectivity index (χ0) is 15.9. The van der Waals surface area contributed by atoms with Gasteiger partial charge in [-0.1, -0.05) is 30.3 Å². The lowest BCUT2D eigenvalue weighted by Gasteiger charge is -2.13. The predicted octanol–water partition coefficient (Wildman–Crippen LogP) is 3.08. The highest BCUT2D eigenvalue weighted by Gasteiger charge is 2.11. The van der Waals surface area contributed by atoms with E-state index in [4.69, 9.17) is 0 Å². The lowest BCUT2D eigenvalue weighted by Crippen LogP contribution is -2.34. The highest BCUT2D eigenvalue weighted by Crippen LogP contribution is 2.10. The van der Waals surface area contributed by atoms with Crippen LogP contribution in [-0.2, 0) is 4.79 Å². The van der Waals surface area contributed by atoms with Crippen LogP contribution in [0.25, 0.3) is 0 Å². The number of carbonyl (C=O) groups is 1. The summed E-state index contributed by atoms with van der Waals surface area (Å²) in [6.07, 6.45) is 1.28. The van der Waals surface area contributed by atoms with Gasteiger partial charge in [0.2, 0.25) is 0 Å². The van der Waals surface area contributed by atoms with Gasteiger partial charge in [-0.3, -0.25) is 4.79 Å². The number of amides is 1. The minimum absolute atomic E-state index is 0.297. The number of nitrogens with one attached hydrogen (secondary N) is 2. The molecule has 0 bridgehead atoms. The molecule has 1 unspecified atom stereocenters. The second-order valence-electron chi connectivity index (χ2n) is 4.99. The number of carbonyl (C=O) groups excluding carboxylic acids is 1. The third kappa shape index (κ3) is 4.41. The van der Waals surface area contributed by atoms with Crippen LogP contribution in [0.3, 0.4) is 0 Å². The lowest BCUT2D eigenvalue weighted by molar-refractivity contribution is -0.121. The average molecular weight is 299 g/mol. The van der Waals surface area contributed by atoms with Gasteiger partial charge in [-0.2, -0.15) is 5.10 Å². The van der Waals surface area contributed by atoms with Crippen molar-refractivity contribution < 1.29 is 9.18 Å². The fraction of sp³-hybridized carbons (Fsp3) is 0.176. The Balaban J connectivity index is 1.90. The second kappa shape index (κ2) is 7.36. The molecular weight excluding hydrogens is 281 g/mol. The highest BCUT2D eigenvalue weighted by atomic mass is 19.1. The van der Waals surface area contributed by atoms with E-state index in [1.807, 2.05) is 31.2 Å². The van der Waals surface area contributed by atoms with Gasteiger partial charge >= 0.3 is 0 Å². The molecule has 0 heterocycles. The number of benzene rings is 2. The zero-order valence-corrected chi connectivity index (χ0v) is 12.5. The van der Waals surface area contributed by atoms with Crippen LogP contribution in [0, 0.1) is 12.7 Å². The molecule has 5 heteroatoms. The second-order valence-corrected chi connectivity index (χ2v) is 4.99. The predicted molar refractivity (Wildman–Crippen MR) is 86.4 cm³/mol. The molecule has 4 nitrogen and oxygen atoms in total. The summed E-state index contributed by atoms with van der Waals surface area (Å²) < 4.78 is 13.4. The summed E-state index contributed by atoms with van der Waals surface area (Å²) in [7, 11) is 0. The Morgan fingerprint density at radius 3 is 2.73 bits per heavy atom. The van der Waals surface area contributed by atoms with Gasteiger partial charge in [0.1, 0.15) is 11.9 Å². The summed E-state index contributed by atoms with van der Waals surface area (Å²) in [5, 5.41) is 6.86. The maximum absolute atomic E-state index is 13.4. The molecule has 0 aliphatic heterocycles. The van der Waals surface area contributed by atoms with E-state index in [0.717, 1.165) is 11.3 Å². The van der Waals surface area contributed by atoms with Gasteiger partial charge in [0, 0.05) is 11.3 Å². The van der Waals surface area contributed by atoms with Crippen molar-refractivity contribution in [3.63, 3.8) is 0 Å². The number of halogens is 1. The largest absolute Gasteiger partial charge is 0.374 e. The van der Waals surface area contributed by atoms with Crippen LogP contribution in [-0.4, -0.2) is 18.2 Å². The van der Waals surface area contributed by atoms with Gasteiger partial charge in [-0.15, -0.1) is 0 Å². The van der Waals surface area contributed by atoms with E-state index in [2.05, 4.69) is 15.8 Å². The molecule has 2 N–H and O–H groups in total. The first kappa shape index (κ1) is 15.7. The van der Waals surface area contributed by atoms with Gasteiger partial charge in [0.05, 0.1) is 6.21 Å². The van der Waals surface area contributed by atoms with E-state index >= 15 is 0 Å². The first-order chi connectivity index (χ1) is 10.6. The van der Waals surface area contributed by atoms with E-state index in [-0.39, 0.29) is 11.7 Å². The van der Waals surface area contributed by atoms with Crippen molar-refractivity contribution in [3.05, 3.63) is 65.5 Å². The first-order valence-electron chi connectivity index (χ1n) is 6.97. The topological polar surface area (TPSA) is 53.5 Å². The monoisotopic (exact) mass is 299 g/mol. The number of aryl methyl sites for hydroxylation is 1. The van der Waals surface area contributed by atoms with Gasteiger partial charge < -0.3 is 5.32 Å². The fourth-order valence-electron chi connectivity index (χ4n) is 1.89. The number of nitrogens with zero attached hydrogens (tertiary/aromatic N) is 1. The summed E-state index contributed by atoms with van der Waals surface area (Å²) in [6.45, 7) is 3.71. The van der Waals surface area contributed by atoms with Crippen molar-refractivity contribution in [3.8, 4) is 0 Å². The molecule has 1 amide bonds. The van der Waals surface area contributed by atoms with E-state index in [9.17, 15) is 9.18 Å². The van der Waals surface area contributed by atoms with Crippen molar-refractivity contribution in [2.75, 3.05) is 5.32 Å². The van der Waals surface area contributed by atoms with Crippen LogP contribution >= 0.6 is 0 Å². The molecule has 2 aromatic carbocycles. The Morgan fingerprint density at radius 1 is 1.23 bits per heavy atom. The summed E-state index contributed by atoms with van der Waals surface area (Å²) in [5.74, 6) is -0.680. The molecule has 114 valence electrons. The quantitative estimate of drug-likeness (QED) is 0.658. The van der Waals surface area contributed by atoms with Gasteiger partial charge in [-0.25, -0.2) is 9.82 Å². The number of rotatable bonds is 5. The van der Waals surface area contributed by atoms with Gasteiger partial charge in [-0.05, 0) is 37.6 Å². The van der Waals surface area contributed by atoms with Crippen LogP contribution in [0.15, 0.2) is 53.6 Å². The number of hydrazone groups is 1. The Labute approximate surface area is 129 Å². The molecule has 0 radical (unpaired) electrons. The molecule has 0 aliphatic rings. The van der Waals surface area contributed by atoms with Crippen LogP contribution in [0.1, 0.15) is 18.1 Å². The Kier molecular flexibility index (Phi) is 5.25. The minimum Gasteiger partial charge on any atom is -0.374 e. The minimum atomic E-state index is -0.459. The summed E-state index contributed by atoms with van der Waals surface area (Å²) in [4.78, 5) is 11.9. The third-order valence-corrected chi connectivity index (χ3v) is 3.08. The first-order valence-corrected chi connectivity index (χ1v) is 6.97. The Hall–Kier alpha value is -2.69. The summed E-state index contributed by atoms with van der Waals surface area (Å²) in [6, 6.07) is 13.5. The van der Waals surface area contributed by atoms with Crippen molar-refractivity contribution in [2.45, 2.75) is 19.9 Å². The van der Waals surface area contributed by atoms with Crippen LogP contribution in [0.4, 0.5) is 10.1 Å². The Morgan fingerprint density at radius 2 is 2.00 bits per heavy atom. The number of hydrogen-bond donors (Lipinski definition) is 2. The van der Waals surface area contributed by atoms with Crippen LogP contribution in [0.2, 0.25) is 0 Å². The van der Waals surface area contributed by atoms with E-state index in [1.54, 1.807) is 25.1 Å². The normalized spacial score (nSPS) is 12.1. The summed E-state index contributed by atoms with van der Waals surface area (Å²) in [5.41, 5.74) is 4.68. The molecule has 0 saturated heterocycles. The van der Waals surface area contributed by atoms with Crippen molar-refractivity contribution in [2.24, 2.45) is 5.10 Å². The number of hydrogen-bond acceptors (Lipinski definition) is 3. The summed E-state index contributed by atoms with van der Waals surface area (Å²) >= 11 is 0. The molecule has 0 spiro atoms. The molecular formula is C17H18FN3O. The van der Waals surface area contributed by atoms with Crippen LogP contribution < -0.4 is 10.7 Å². The van der Waals surface area contributed by atoms with E-state index in [0.29, 0.717) is 5.56 Å². The molecule has 0 aromatic heterocycles. The van der Waals surface area contributed by atoms with Crippen molar-refractivity contribution in [1.82, 2.24) is 5.43 Å². The van der Waals surface area contributed by atoms with Crippen molar-refractivity contribution in [1.29, 1.82) is 0 Å².